The number of hydrogen-bond acceptors (Lipinski definition) is 4. The van der Waals surface area contributed by atoms with Gasteiger partial charge in [-0.15, -0.1) is 0 Å². The summed E-state index contributed by atoms with van der Waals surface area (Å²) >= 11 is 1.82. The van der Waals surface area contributed by atoms with Gasteiger partial charge in [0.1, 0.15) is 12.4 Å². The Balaban J connectivity index is 1.41. The minimum Gasteiger partial charge on any atom is -0.490 e. The fraction of sp³-hybridized carbons (Fsp3) is 0.409. The number of carbonyl (C=O) groups excluding carboxylic acids is 1. The molecule has 5 heteroatoms. The molecule has 0 aliphatic carbocycles. The van der Waals surface area contributed by atoms with E-state index < -0.39 is 0 Å². The molecule has 1 aliphatic heterocycles. The molecule has 3 rings (SSSR count). The number of hydrogen-bond donors (Lipinski definition) is 1. The molecule has 1 amide bonds. The van der Waals surface area contributed by atoms with Gasteiger partial charge >= 0.3 is 0 Å². The smallest absolute Gasteiger partial charge is 0.255 e. The topological polar surface area (TPSA) is 47.6 Å². The van der Waals surface area contributed by atoms with E-state index in [0.29, 0.717) is 24.5 Å². The Morgan fingerprint density at radius 2 is 2.04 bits per heavy atom. The lowest BCUT2D eigenvalue weighted by Crippen LogP contribution is -2.27. The predicted molar refractivity (Wildman–Crippen MR) is 111 cm³/mol. The van der Waals surface area contributed by atoms with Gasteiger partial charge in [-0.2, -0.15) is 11.8 Å². The van der Waals surface area contributed by atoms with E-state index in [9.17, 15) is 4.79 Å². The Bertz CT molecular complexity index is 727. The molecule has 0 spiro atoms. The van der Waals surface area contributed by atoms with Crippen molar-refractivity contribution in [2.24, 2.45) is 0 Å². The van der Waals surface area contributed by atoms with E-state index in [1.165, 1.54) is 11.1 Å². The second kappa shape index (κ2) is 10.4. The predicted octanol–water partition coefficient (Wildman–Crippen LogP) is 4.22. The van der Waals surface area contributed by atoms with Gasteiger partial charge < -0.3 is 14.8 Å². The zero-order valence-corrected chi connectivity index (χ0v) is 16.6. The van der Waals surface area contributed by atoms with Crippen molar-refractivity contribution < 1.29 is 14.3 Å². The van der Waals surface area contributed by atoms with Crippen LogP contribution in [0.1, 0.15) is 34.3 Å². The van der Waals surface area contributed by atoms with Crippen LogP contribution in [0.3, 0.4) is 0 Å². The number of amides is 1. The van der Waals surface area contributed by atoms with Gasteiger partial charge in [-0.05, 0) is 37.5 Å². The normalized spacial score (nSPS) is 16.3. The number of aryl methyl sites for hydroxylation is 1. The highest BCUT2D eigenvalue weighted by Gasteiger charge is 2.18. The van der Waals surface area contributed by atoms with Crippen LogP contribution in [-0.2, 0) is 10.5 Å². The SMILES string of the molecule is Cc1ccc(CSCCNC(=O)c2ccccc2OCC2CCCO2)cc1. The molecule has 4 nitrogen and oxygen atoms in total. The number of rotatable bonds is 9. The zero-order chi connectivity index (χ0) is 18.9. The molecule has 1 aliphatic rings. The van der Waals surface area contributed by atoms with Crippen LogP contribution >= 0.6 is 11.8 Å². The molecule has 2 aromatic rings. The van der Waals surface area contributed by atoms with Gasteiger partial charge in [-0.25, -0.2) is 0 Å². The first-order valence-electron chi connectivity index (χ1n) is 9.47. The Morgan fingerprint density at radius 1 is 1.22 bits per heavy atom. The van der Waals surface area contributed by atoms with Crippen molar-refractivity contribution in [3.63, 3.8) is 0 Å². The van der Waals surface area contributed by atoms with Crippen LogP contribution in [0, 0.1) is 6.92 Å². The Labute approximate surface area is 165 Å². The summed E-state index contributed by atoms with van der Waals surface area (Å²) in [6.07, 6.45) is 2.24. The van der Waals surface area contributed by atoms with Crippen LogP contribution in [0.2, 0.25) is 0 Å². The maximum Gasteiger partial charge on any atom is 0.255 e. The standard InChI is InChI=1S/C22H27NO3S/c1-17-8-10-18(11-9-17)16-27-14-12-23-22(24)20-6-2-3-7-21(20)26-15-19-5-4-13-25-19/h2-3,6-11,19H,4-5,12-16H2,1H3,(H,23,24). The highest BCUT2D eigenvalue weighted by Crippen LogP contribution is 2.20. The van der Waals surface area contributed by atoms with Crippen molar-refractivity contribution in [3.8, 4) is 5.75 Å². The summed E-state index contributed by atoms with van der Waals surface area (Å²) in [6.45, 7) is 4.03. The van der Waals surface area contributed by atoms with E-state index in [1.807, 2.05) is 30.0 Å². The first-order valence-corrected chi connectivity index (χ1v) is 10.6. The van der Waals surface area contributed by atoms with E-state index in [4.69, 9.17) is 9.47 Å². The van der Waals surface area contributed by atoms with E-state index in [0.717, 1.165) is 31.0 Å². The minimum atomic E-state index is -0.0890. The van der Waals surface area contributed by atoms with Gasteiger partial charge in [-0.3, -0.25) is 4.79 Å². The second-order valence-electron chi connectivity index (χ2n) is 6.74. The van der Waals surface area contributed by atoms with Gasteiger partial charge in [0.05, 0.1) is 11.7 Å². The number of carbonyl (C=O) groups is 1. The molecular weight excluding hydrogens is 358 g/mol. The number of nitrogens with one attached hydrogen (secondary N) is 1. The van der Waals surface area contributed by atoms with Gasteiger partial charge in [0.2, 0.25) is 0 Å². The van der Waals surface area contributed by atoms with Crippen molar-refractivity contribution in [1.82, 2.24) is 5.32 Å². The van der Waals surface area contributed by atoms with Crippen LogP contribution in [0.4, 0.5) is 0 Å². The van der Waals surface area contributed by atoms with Crippen LogP contribution in [0.15, 0.2) is 48.5 Å². The van der Waals surface area contributed by atoms with Gasteiger partial charge in [0.15, 0.2) is 0 Å². The number of ether oxygens (including phenoxy) is 2. The average molecular weight is 386 g/mol. The fourth-order valence-electron chi connectivity index (χ4n) is 2.94. The lowest BCUT2D eigenvalue weighted by molar-refractivity contribution is 0.0671. The fourth-order valence-corrected chi connectivity index (χ4v) is 3.76. The minimum absolute atomic E-state index is 0.0890. The number of benzene rings is 2. The molecule has 1 unspecified atom stereocenters. The first-order chi connectivity index (χ1) is 13.2. The first kappa shape index (κ1) is 19.8. The molecule has 0 saturated carbocycles. The van der Waals surface area contributed by atoms with Crippen LogP contribution < -0.4 is 10.1 Å². The Morgan fingerprint density at radius 3 is 2.81 bits per heavy atom. The summed E-state index contributed by atoms with van der Waals surface area (Å²) in [4.78, 5) is 12.5. The highest BCUT2D eigenvalue weighted by molar-refractivity contribution is 7.98. The van der Waals surface area contributed by atoms with E-state index in [-0.39, 0.29) is 12.0 Å². The molecule has 1 atom stereocenters. The third-order valence-corrected chi connectivity index (χ3v) is 5.53. The summed E-state index contributed by atoms with van der Waals surface area (Å²) in [5, 5.41) is 2.99. The lowest BCUT2D eigenvalue weighted by atomic mass is 10.2. The maximum absolute atomic E-state index is 12.5. The van der Waals surface area contributed by atoms with Crippen molar-refractivity contribution in [3.05, 3.63) is 65.2 Å². The lowest BCUT2D eigenvalue weighted by Gasteiger charge is -2.14. The zero-order valence-electron chi connectivity index (χ0n) is 15.8. The molecule has 27 heavy (non-hydrogen) atoms. The molecule has 0 aromatic heterocycles. The van der Waals surface area contributed by atoms with Crippen LogP contribution in [-0.4, -0.2) is 37.5 Å². The molecule has 1 heterocycles. The maximum atomic E-state index is 12.5. The third-order valence-electron chi connectivity index (χ3n) is 4.50. The number of thioether (sulfide) groups is 1. The van der Waals surface area contributed by atoms with Gasteiger partial charge in [-0.1, -0.05) is 42.0 Å². The van der Waals surface area contributed by atoms with E-state index in [1.54, 1.807) is 6.07 Å². The number of para-hydroxylation sites is 1. The average Bonchev–Trinajstić information content (AvgIpc) is 3.21. The largest absolute Gasteiger partial charge is 0.490 e. The summed E-state index contributed by atoms with van der Waals surface area (Å²) in [7, 11) is 0. The molecule has 0 radical (unpaired) electrons. The molecule has 1 saturated heterocycles. The Hall–Kier alpha value is -1.98. The van der Waals surface area contributed by atoms with Gasteiger partial charge in [0, 0.05) is 24.7 Å². The molecule has 1 fully saturated rings. The van der Waals surface area contributed by atoms with Crippen molar-refractivity contribution in [2.45, 2.75) is 31.6 Å². The quantitative estimate of drug-likeness (QED) is 0.657. The van der Waals surface area contributed by atoms with Crippen LogP contribution in [0.25, 0.3) is 0 Å². The van der Waals surface area contributed by atoms with Crippen molar-refractivity contribution in [2.75, 3.05) is 25.5 Å². The van der Waals surface area contributed by atoms with E-state index in [2.05, 4.69) is 36.5 Å². The molecule has 1 N–H and O–H groups in total. The molecule has 144 valence electrons. The molecular formula is C22H27NO3S. The molecule has 0 bridgehead atoms. The van der Waals surface area contributed by atoms with Crippen LogP contribution in [0.5, 0.6) is 5.75 Å². The van der Waals surface area contributed by atoms with Crippen molar-refractivity contribution >= 4 is 17.7 Å². The summed E-state index contributed by atoms with van der Waals surface area (Å²) in [6, 6.07) is 16.0. The summed E-state index contributed by atoms with van der Waals surface area (Å²) in [5.41, 5.74) is 3.17. The monoisotopic (exact) mass is 385 g/mol. The third kappa shape index (κ3) is 6.29. The molecule has 2 aromatic carbocycles. The summed E-state index contributed by atoms with van der Waals surface area (Å²) in [5.74, 6) is 2.36. The Kier molecular flexibility index (Phi) is 7.60. The van der Waals surface area contributed by atoms with Crippen molar-refractivity contribution in [1.29, 1.82) is 0 Å². The highest BCUT2D eigenvalue weighted by atomic mass is 32.2. The second-order valence-corrected chi connectivity index (χ2v) is 7.84. The van der Waals surface area contributed by atoms with E-state index >= 15 is 0 Å². The summed E-state index contributed by atoms with van der Waals surface area (Å²) < 4.78 is 11.4. The van der Waals surface area contributed by atoms with Gasteiger partial charge in [0.25, 0.3) is 5.91 Å².